The number of pyridine rings is 1. The summed E-state index contributed by atoms with van der Waals surface area (Å²) in [5.74, 6) is 0.693. The Morgan fingerprint density at radius 2 is 2.27 bits per heavy atom. The molecule has 2 heterocycles. The number of nitrogens with zero attached hydrogens (tertiary/aromatic N) is 1. The molecule has 0 spiro atoms. The predicted octanol–water partition coefficient (Wildman–Crippen LogP) is 0.216. The van der Waals surface area contributed by atoms with E-state index in [0.29, 0.717) is 5.92 Å². The first-order chi connectivity index (χ1) is 7.16. The molecule has 0 radical (unpaired) electrons. The second kappa shape index (κ2) is 4.28. The Morgan fingerprint density at radius 3 is 2.80 bits per heavy atom. The van der Waals surface area contributed by atoms with Crippen molar-refractivity contribution in [1.82, 2.24) is 10.3 Å². The Bertz CT molecular complexity index is 412. The molecule has 0 aromatic carbocycles. The predicted molar refractivity (Wildman–Crippen MR) is 58.1 cm³/mol. The van der Waals surface area contributed by atoms with Crippen molar-refractivity contribution in [3.05, 3.63) is 30.1 Å². The van der Waals surface area contributed by atoms with E-state index in [1.165, 1.54) is 0 Å². The van der Waals surface area contributed by atoms with Crippen LogP contribution in [0.4, 0.5) is 0 Å². The lowest BCUT2D eigenvalue weighted by Crippen LogP contribution is -2.45. The Kier molecular flexibility index (Phi) is 3.02. The fourth-order valence-corrected chi connectivity index (χ4v) is 3.37. The summed E-state index contributed by atoms with van der Waals surface area (Å²) in [4.78, 5) is 3.91. The highest BCUT2D eigenvalue weighted by molar-refractivity contribution is 7.90. The van der Waals surface area contributed by atoms with Gasteiger partial charge in [-0.15, -0.1) is 0 Å². The molecule has 1 aliphatic heterocycles. The van der Waals surface area contributed by atoms with Crippen LogP contribution in [0, 0.1) is 5.92 Å². The molecule has 0 aliphatic carbocycles. The van der Waals surface area contributed by atoms with E-state index in [2.05, 4.69) is 10.3 Å². The average molecular weight is 226 g/mol. The van der Waals surface area contributed by atoms with Gasteiger partial charge < -0.3 is 5.32 Å². The van der Waals surface area contributed by atoms with Crippen LogP contribution in [0.2, 0.25) is 0 Å². The lowest BCUT2D eigenvalue weighted by Gasteiger charge is -2.26. The molecule has 82 valence electrons. The number of nitrogens with one attached hydrogen (secondary N) is 1. The van der Waals surface area contributed by atoms with Gasteiger partial charge in [-0.3, -0.25) is 4.98 Å². The fourth-order valence-electron chi connectivity index (χ4n) is 1.62. The van der Waals surface area contributed by atoms with E-state index in [9.17, 15) is 8.42 Å². The maximum absolute atomic E-state index is 11.7. The van der Waals surface area contributed by atoms with Crippen LogP contribution < -0.4 is 5.32 Å². The van der Waals surface area contributed by atoms with Gasteiger partial charge >= 0.3 is 0 Å². The Hall–Kier alpha value is -0.940. The van der Waals surface area contributed by atoms with Gasteiger partial charge in [0.2, 0.25) is 0 Å². The molecule has 0 amide bonds. The summed E-state index contributed by atoms with van der Waals surface area (Å²) >= 11 is 0. The highest BCUT2D eigenvalue weighted by atomic mass is 32.2. The van der Waals surface area contributed by atoms with Crippen LogP contribution in [-0.2, 0) is 15.6 Å². The van der Waals surface area contributed by atoms with Crippen LogP contribution in [0.1, 0.15) is 5.56 Å². The molecule has 2 rings (SSSR count). The molecule has 0 bridgehead atoms. The van der Waals surface area contributed by atoms with Crippen molar-refractivity contribution in [3.63, 3.8) is 0 Å². The average Bonchev–Trinajstić information content (AvgIpc) is 2.13. The second-order valence-corrected chi connectivity index (χ2v) is 6.05. The summed E-state index contributed by atoms with van der Waals surface area (Å²) in [6.07, 6.45) is 3.25. The fraction of sp³-hybridized carbons (Fsp3) is 0.500. The molecule has 1 fully saturated rings. The zero-order chi connectivity index (χ0) is 10.7. The first-order valence-corrected chi connectivity index (χ1v) is 6.78. The van der Waals surface area contributed by atoms with Gasteiger partial charge in [-0.2, -0.15) is 0 Å². The van der Waals surface area contributed by atoms with Gasteiger partial charge in [-0.25, -0.2) is 8.42 Å². The highest BCUT2D eigenvalue weighted by Gasteiger charge is 2.24. The molecule has 15 heavy (non-hydrogen) atoms. The van der Waals surface area contributed by atoms with Crippen LogP contribution in [0.25, 0.3) is 0 Å². The van der Waals surface area contributed by atoms with Gasteiger partial charge in [-0.1, -0.05) is 6.07 Å². The third kappa shape index (κ3) is 3.00. The van der Waals surface area contributed by atoms with Crippen LogP contribution in [-0.4, -0.2) is 32.2 Å². The van der Waals surface area contributed by atoms with E-state index in [1.807, 2.05) is 0 Å². The number of hydrogen-bond acceptors (Lipinski definition) is 4. The van der Waals surface area contributed by atoms with Crippen LogP contribution >= 0.6 is 0 Å². The van der Waals surface area contributed by atoms with Gasteiger partial charge in [0, 0.05) is 25.5 Å². The highest BCUT2D eigenvalue weighted by Crippen LogP contribution is 2.11. The van der Waals surface area contributed by atoms with Gasteiger partial charge in [0.25, 0.3) is 0 Å². The topological polar surface area (TPSA) is 59.1 Å². The quantitative estimate of drug-likeness (QED) is 0.797. The summed E-state index contributed by atoms with van der Waals surface area (Å²) in [6.45, 7) is 1.65. The van der Waals surface area contributed by atoms with E-state index in [1.54, 1.807) is 24.5 Å². The first-order valence-electron chi connectivity index (χ1n) is 4.96. The standard InChI is InChI=1S/C10H14N2O2S/c13-15(14,8-10-5-12-6-10)7-9-2-1-3-11-4-9/h1-4,10,12H,5-8H2. The molecule has 4 nitrogen and oxygen atoms in total. The maximum atomic E-state index is 11.7. The Labute approximate surface area is 89.6 Å². The molecule has 1 saturated heterocycles. The monoisotopic (exact) mass is 226 g/mol. The van der Waals surface area contributed by atoms with Gasteiger partial charge in [0.1, 0.15) is 0 Å². The van der Waals surface area contributed by atoms with E-state index < -0.39 is 9.84 Å². The number of rotatable bonds is 4. The van der Waals surface area contributed by atoms with Gasteiger partial charge in [0.15, 0.2) is 9.84 Å². The van der Waals surface area contributed by atoms with Crippen LogP contribution in [0.3, 0.4) is 0 Å². The number of hydrogen-bond donors (Lipinski definition) is 1. The van der Waals surface area contributed by atoms with Crippen LogP contribution in [0.5, 0.6) is 0 Å². The minimum atomic E-state index is -2.97. The van der Waals surface area contributed by atoms with Crippen molar-refractivity contribution in [2.45, 2.75) is 5.75 Å². The van der Waals surface area contributed by atoms with Crippen molar-refractivity contribution in [3.8, 4) is 0 Å². The molecule has 5 heteroatoms. The van der Waals surface area contributed by atoms with E-state index in [4.69, 9.17) is 0 Å². The Balaban J connectivity index is 1.98. The Morgan fingerprint density at radius 1 is 1.47 bits per heavy atom. The molecule has 0 atom stereocenters. The van der Waals surface area contributed by atoms with Crippen molar-refractivity contribution in [1.29, 1.82) is 0 Å². The molecule has 0 saturated carbocycles. The van der Waals surface area contributed by atoms with Crippen molar-refractivity contribution in [2.24, 2.45) is 5.92 Å². The SMILES string of the molecule is O=S(=O)(Cc1cccnc1)CC1CNC1. The lowest BCUT2D eigenvalue weighted by atomic mass is 10.1. The van der Waals surface area contributed by atoms with Crippen molar-refractivity contribution >= 4 is 9.84 Å². The summed E-state index contributed by atoms with van der Waals surface area (Å²) < 4.78 is 23.5. The lowest BCUT2D eigenvalue weighted by molar-refractivity contribution is 0.378. The largest absolute Gasteiger partial charge is 0.316 e. The summed E-state index contributed by atoms with van der Waals surface area (Å²) in [7, 11) is -2.97. The molecule has 1 aromatic rings. The number of sulfone groups is 1. The van der Waals surface area contributed by atoms with E-state index >= 15 is 0 Å². The number of aromatic nitrogens is 1. The van der Waals surface area contributed by atoms with E-state index in [-0.39, 0.29) is 11.5 Å². The molecular weight excluding hydrogens is 212 g/mol. The third-order valence-electron chi connectivity index (χ3n) is 2.47. The molecule has 1 aliphatic rings. The molecule has 0 unspecified atom stereocenters. The minimum absolute atomic E-state index is 0.108. The third-order valence-corrected chi connectivity index (χ3v) is 4.22. The first kappa shape index (κ1) is 10.6. The zero-order valence-corrected chi connectivity index (χ0v) is 9.20. The summed E-state index contributed by atoms with van der Waals surface area (Å²) in [6, 6.07) is 3.55. The normalized spacial score (nSPS) is 17.3. The molecular formula is C10H14N2O2S. The van der Waals surface area contributed by atoms with E-state index in [0.717, 1.165) is 18.7 Å². The maximum Gasteiger partial charge on any atom is 0.154 e. The second-order valence-electron chi connectivity index (χ2n) is 3.94. The van der Waals surface area contributed by atoms with Gasteiger partial charge in [-0.05, 0) is 17.5 Å². The summed E-state index contributed by atoms with van der Waals surface area (Å²) in [5, 5.41) is 3.07. The minimum Gasteiger partial charge on any atom is -0.316 e. The zero-order valence-electron chi connectivity index (χ0n) is 8.39. The molecule has 1 N–H and O–H groups in total. The van der Waals surface area contributed by atoms with Gasteiger partial charge in [0.05, 0.1) is 11.5 Å². The summed E-state index contributed by atoms with van der Waals surface area (Å²) in [5.41, 5.74) is 0.768. The molecule has 1 aromatic heterocycles. The van der Waals surface area contributed by atoms with Crippen molar-refractivity contribution < 1.29 is 8.42 Å². The smallest absolute Gasteiger partial charge is 0.154 e. The van der Waals surface area contributed by atoms with Crippen LogP contribution in [0.15, 0.2) is 24.5 Å². The van der Waals surface area contributed by atoms with Crippen molar-refractivity contribution in [2.75, 3.05) is 18.8 Å².